The predicted octanol–water partition coefficient (Wildman–Crippen LogP) is 3.34. The van der Waals surface area contributed by atoms with Gasteiger partial charge in [0.05, 0.1) is 0 Å². The van der Waals surface area contributed by atoms with Crippen molar-refractivity contribution in [1.29, 1.82) is 0 Å². The Morgan fingerprint density at radius 2 is 1.74 bits per heavy atom. The van der Waals surface area contributed by atoms with E-state index in [0.717, 1.165) is 0 Å². The van der Waals surface area contributed by atoms with Crippen molar-refractivity contribution < 1.29 is 13.0 Å². The fraction of sp³-hybridized carbons (Fsp3) is 0.0769. The van der Waals surface area contributed by atoms with Gasteiger partial charge in [0.2, 0.25) is 0 Å². The van der Waals surface area contributed by atoms with E-state index < -0.39 is 15.5 Å². The second kappa shape index (κ2) is 5.61. The molecule has 2 N–H and O–H groups in total. The zero-order chi connectivity index (χ0) is 13.9. The Labute approximate surface area is 116 Å². The summed E-state index contributed by atoms with van der Waals surface area (Å²) in [5, 5.41) is 2.00. The van der Waals surface area contributed by atoms with Gasteiger partial charge in [-0.15, -0.1) is 0 Å². The summed E-state index contributed by atoms with van der Waals surface area (Å²) in [6, 6.07) is 15.0. The van der Waals surface area contributed by atoms with E-state index in [1.165, 1.54) is 0 Å². The standard InChI is InChI=1S/C13H12ClNO3S/c14-11-7-4-8-12(9-11)15-13(19(16,17)18)10-5-2-1-3-6-10/h1-9,13,15H,(H,16,17,18). The molecule has 6 heteroatoms. The molecule has 0 saturated heterocycles. The SMILES string of the molecule is O=S(=O)(O)C(Nc1cccc(Cl)c1)c1ccccc1. The minimum absolute atomic E-state index is 0.449. The summed E-state index contributed by atoms with van der Waals surface area (Å²) in [5.41, 5.74) is 0.962. The molecule has 0 spiro atoms. The molecule has 0 aliphatic heterocycles. The first-order chi connectivity index (χ1) is 8.97. The van der Waals surface area contributed by atoms with Gasteiger partial charge >= 0.3 is 0 Å². The van der Waals surface area contributed by atoms with Gasteiger partial charge in [0, 0.05) is 10.7 Å². The van der Waals surface area contributed by atoms with Crippen molar-refractivity contribution in [3.05, 3.63) is 65.2 Å². The monoisotopic (exact) mass is 297 g/mol. The van der Waals surface area contributed by atoms with Crippen LogP contribution in [-0.2, 0) is 10.1 Å². The highest BCUT2D eigenvalue weighted by molar-refractivity contribution is 7.86. The van der Waals surface area contributed by atoms with Gasteiger partial charge in [-0.25, -0.2) is 0 Å². The number of hydrogen-bond donors (Lipinski definition) is 2. The van der Waals surface area contributed by atoms with Crippen molar-refractivity contribution >= 4 is 27.4 Å². The van der Waals surface area contributed by atoms with E-state index in [2.05, 4.69) is 5.32 Å². The average Bonchev–Trinajstić information content (AvgIpc) is 2.36. The van der Waals surface area contributed by atoms with Crippen LogP contribution in [0.5, 0.6) is 0 Å². The van der Waals surface area contributed by atoms with Gasteiger partial charge < -0.3 is 5.32 Å². The van der Waals surface area contributed by atoms with Crippen LogP contribution in [0.3, 0.4) is 0 Å². The summed E-state index contributed by atoms with van der Waals surface area (Å²) in [6.45, 7) is 0. The zero-order valence-electron chi connectivity index (χ0n) is 9.82. The van der Waals surface area contributed by atoms with Crippen LogP contribution in [-0.4, -0.2) is 13.0 Å². The van der Waals surface area contributed by atoms with Crippen LogP contribution in [0, 0.1) is 0 Å². The highest BCUT2D eigenvalue weighted by atomic mass is 35.5. The molecule has 0 fully saturated rings. The lowest BCUT2D eigenvalue weighted by atomic mass is 10.2. The number of halogens is 1. The molecule has 19 heavy (non-hydrogen) atoms. The van der Waals surface area contributed by atoms with E-state index >= 15 is 0 Å². The molecule has 0 saturated carbocycles. The molecule has 1 unspecified atom stereocenters. The Balaban J connectivity index is 2.36. The number of anilines is 1. The van der Waals surface area contributed by atoms with Gasteiger partial charge in [-0.3, -0.25) is 4.55 Å². The molecular formula is C13H12ClNO3S. The first kappa shape index (κ1) is 13.9. The number of rotatable bonds is 4. The molecular weight excluding hydrogens is 286 g/mol. The summed E-state index contributed by atoms with van der Waals surface area (Å²) in [5.74, 6) is 0. The van der Waals surface area contributed by atoms with Gasteiger partial charge in [0.1, 0.15) is 0 Å². The Bertz CT molecular complexity index is 659. The Kier molecular flexibility index (Phi) is 4.09. The van der Waals surface area contributed by atoms with Crippen LogP contribution in [0.15, 0.2) is 54.6 Å². The minimum Gasteiger partial charge on any atom is -0.363 e. The number of hydrogen-bond acceptors (Lipinski definition) is 3. The van der Waals surface area contributed by atoms with Gasteiger partial charge in [0.15, 0.2) is 5.37 Å². The molecule has 0 aliphatic rings. The summed E-state index contributed by atoms with van der Waals surface area (Å²) < 4.78 is 32.3. The lowest BCUT2D eigenvalue weighted by Gasteiger charge is -2.17. The van der Waals surface area contributed by atoms with Crippen molar-refractivity contribution in [3.63, 3.8) is 0 Å². The molecule has 100 valence electrons. The van der Waals surface area contributed by atoms with Crippen molar-refractivity contribution in [3.8, 4) is 0 Å². The van der Waals surface area contributed by atoms with Crippen LogP contribution < -0.4 is 5.32 Å². The van der Waals surface area contributed by atoms with E-state index in [1.54, 1.807) is 54.6 Å². The molecule has 0 heterocycles. The molecule has 2 rings (SSSR count). The Hall–Kier alpha value is -1.56. The summed E-state index contributed by atoms with van der Waals surface area (Å²) >= 11 is 5.84. The van der Waals surface area contributed by atoms with Crippen molar-refractivity contribution in [2.45, 2.75) is 5.37 Å². The quantitative estimate of drug-likeness (QED) is 0.850. The predicted molar refractivity (Wildman–Crippen MR) is 75.8 cm³/mol. The lowest BCUT2D eigenvalue weighted by molar-refractivity contribution is 0.473. The molecule has 1 atom stereocenters. The fourth-order valence-electron chi connectivity index (χ4n) is 1.69. The van der Waals surface area contributed by atoms with Crippen LogP contribution in [0.4, 0.5) is 5.69 Å². The highest BCUT2D eigenvalue weighted by Crippen LogP contribution is 2.25. The first-order valence-corrected chi connectivity index (χ1v) is 7.38. The van der Waals surface area contributed by atoms with E-state index in [4.69, 9.17) is 11.6 Å². The zero-order valence-corrected chi connectivity index (χ0v) is 11.4. The third-order valence-electron chi connectivity index (χ3n) is 2.52. The molecule has 0 amide bonds. The maximum absolute atomic E-state index is 11.5. The molecule has 4 nitrogen and oxygen atoms in total. The van der Waals surface area contributed by atoms with E-state index in [9.17, 15) is 13.0 Å². The first-order valence-electron chi connectivity index (χ1n) is 5.50. The summed E-state index contributed by atoms with van der Waals surface area (Å²) in [6.07, 6.45) is 0. The Morgan fingerprint density at radius 1 is 1.05 bits per heavy atom. The van der Waals surface area contributed by atoms with Gasteiger partial charge in [-0.05, 0) is 23.8 Å². The molecule has 0 aliphatic carbocycles. The minimum atomic E-state index is -4.28. The van der Waals surface area contributed by atoms with E-state index in [-0.39, 0.29) is 0 Å². The van der Waals surface area contributed by atoms with Gasteiger partial charge in [0.25, 0.3) is 10.1 Å². The van der Waals surface area contributed by atoms with Gasteiger partial charge in [-0.1, -0.05) is 48.0 Å². The normalized spacial score (nSPS) is 12.9. The Morgan fingerprint density at radius 3 is 2.32 bits per heavy atom. The lowest BCUT2D eigenvalue weighted by Crippen LogP contribution is -2.20. The fourth-order valence-corrected chi connectivity index (χ4v) is 2.66. The van der Waals surface area contributed by atoms with Crippen LogP contribution in [0.2, 0.25) is 5.02 Å². The van der Waals surface area contributed by atoms with Crippen molar-refractivity contribution in [2.75, 3.05) is 5.32 Å². The van der Waals surface area contributed by atoms with Crippen molar-refractivity contribution in [2.24, 2.45) is 0 Å². The summed E-state index contributed by atoms with van der Waals surface area (Å²) in [7, 11) is -4.28. The smallest absolute Gasteiger partial charge is 0.290 e. The largest absolute Gasteiger partial charge is 0.363 e. The number of nitrogens with one attached hydrogen (secondary N) is 1. The average molecular weight is 298 g/mol. The second-order valence-electron chi connectivity index (χ2n) is 3.96. The molecule has 2 aromatic rings. The molecule has 0 radical (unpaired) electrons. The van der Waals surface area contributed by atoms with Crippen LogP contribution >= 0.6 is 11.6 Å². The topological polar surface area (TPSA) is 66.4 Å². The third-order valence-corrected chi connectivity index (χ3v) is 3.74. The molecule has 0 aromatic heterocycles. The maximum atomic E-state index is 11.5. The van der Waals surface area contributed by atoms with Crippen molar-refractivity contribution in [1.82, 2.24) is 0 Å². The molecule has 0 bridgehead atoms. The maximum Gasteiger partial charge on any atom is 0.290 e. The van der Waals surface area contributed by atoms with E-state index in [0.29, 0.717) is 16.3 Å². The van der Waals surface area contributed by atoms with Crippen LogP contribution in [0.25, 0.3) is 0 Å². The summed E-state index contributed by atoms with van der Waals surface area (Å²) in [4.78, 5) is 0. The highest BCUT2D eigenvalue weighted by Gasteiger charge is 2.24. The third kappa shape index (κ3) is 3.70. The second-order valence-corrected chi connectivity index (χ2v) is 5.90. The molecule has 2 aromatic carbocycles. The van der Waals surface area contributed by atoms with Crippen LogP contribution in [0.1, 0.15) is 10.9 Å². The number of benzene rings is 2. The van der Waals surface area contributed by atoms with E-state index in [1.807, 2.05) is 0 Å². The van der Waals surface area contributed by atoms with Gasteiger partial charge in [-0.2, -0.15) is 8.42 Å².